The Morgan fingerprint density at radius 1 is 0.675 bits per heavy atom. The SMILES string of the molecule is C=C(C)C(=O)OCCCCCCCCCCC[N+]1(CCCS(=O)(=O)O)CC[N+](C)(CCCCCS(=O)(=O)O)CC1. The highest BCUT2D eigenvalue weighted by atomic mass is 32.2. The van der Waals surface area contributed by atoms with Gasteiger partial charge in [0.2, 0.25) is 0 Å². The number of carbonyl (C=O) groups is 1. The van der Waals surface area contributed by atoms with E-state index < -0.39 is 20.2 Å². The third-order valence-corrected chi connectivity index (χ3v) is 9.83. The Morgan fingerprint density at radius 3 is 1.62 bits per heavy atom. The molecule has 0 unspecified atom stereocenters. The second-order valence-corrected chi connectivity index (χ2v) is 15.3. The molecule has 1 heterocycles. The average molecular weight is 613 g/mol. The molecule has 0 aromatic rings. The monoisotopic (exact) mass is 612 g/mol. The molecule has 0 aliphatic carbocycles. The molecule has 0 amide bonds. The molecule has 40 heavy (non-hydrogen) atoms. The van der Waals surface area contributed by atoms with Gasteiger partial charge in [-0.3, -0.25) is 9.11 Å². The van der Waals surface area contributed by atoms with E-state index in [4.69, 9.17) is 9.29 Å². The van der Waals surface area contributed by atoms with Crippen molar-refractivity contribution in [3.63, 3.8) is 0 Å². The van der Waals surface area contributed by atoms with E-state index >= 15 is 0 Å². The minimum absolute atomic E-state index is 0.181. The topological polar surface area (TPSA) is 135 Å². The molecular weight excluding hydrogens is 556 g/mol. The standard InChI is InChI=1S/C28H54N2O8S2/c1-27(2)28(31)38-24-14-10-8-6-4-5-7-9-13-18-30(19-16-26-40(35,36)37)22-20-29(3,21-23-30)17-12-11-15-25-39(32,33)34/h1,4-26H2,2-3H3/p+2. The van der Waals surface area contributed by atoms with Gasteiger partial charge in [-0.25, -0.2) is 4.79 Å². The lowest BCUT2D eigenvalue weighted by atomic mass is 10.1. The highest BCUT2D eigenvalue weighted by Crippen LogP contribution is 2.22. The normalized spacial score (nSPS) is 21.8. The lowest BCUT2D eigenvalue weighted by Crippen LogP contribution is -2.66. The van der Waals surface area contributed by atoms with Crippen LogP contribution < -0.4 is 0 Å². The summed E-state index contributed by atoms with van der Waals surface area (Å²) in [5.41, 5.74) is 0.438. The van der Waals surface area contributed by atoms with Crippen molar-refractivity contribution in [2.24, 2.45) is 0 Å². The number of hydrogen-bond donors (Lipinski definition) is 2. The number of likely N-dealkylation sites (N-methyl/N-ethyl adjacent to an activating group) is 1. The molecule has 1 aliphatic rings. The molecule has 0 saturated carbocycles. The molecule has 1 saturated heterocycles. The Balaban J connectivity index is 2.32. The van der Waals surface area contributed by atoms with E-state index in [1.54, 1.807) is 6.92 Å². The van der Waals surface area contributed by atoms with Crippen molar-refractivity contribution < 1.29 is 44.4 Å². The Kier molecular flexibility index (Phi) is 17.1. The summed E-state index contributed by atoms with van der Waals surface area (Å²) in [4.78, 5) is 11.3. The van der Waals surface area contributed by atoms with Crippen molar-refractivity contribution in [1.82, 2.24) is 0 Å². The Hall–Kier alpha value is -1.05. The average Bonchev–Trinajstić information content (AvgIpc) is 2.84. The molecule has 12 heteroatoms. The zero-order chi connectivity index (χ0) is 30.1. The molecule has 0 bridgehead atoms. The van der Waals surface area contributed by atoms with Gasteiger partial charge in [-0.2, -0.15) is 16.8 Å². The summed E-state index contributed by atoms with van der Waals surface area (Å²) in [6.45, 7) is 12.4. The van der Waals surface area contributed by atoms with Gasteiger partial charge in [0.1, 0.15) is 26.2 Å². The van der Waals surface area contributed by atoms with Crippen LogP contribution in [0.1, 0.15) is 90.4 Å². The highest BCUT2D eigenvalue weighted by Gasteiger charge is 2.39. The summed E-state index contributed by atoms with van der Waals surface area (Å²) < 4.78 is 69.5. The van der Waals surface area contributed by atoms with Crippen LogP contribution in [0.3, 0.4) is 0 Å². The summed E-state index contributed by atoms with van der Waals surface area (Å²) in [7, 11) is -5.61. The Bertz CT molecular complexity index is 959. The lowest BCUT2D eigenvalue weighted by Gasteiger charge is -2.48. The van der Waals surface area contributed by atoms with E-state index in [0.29, 0.717) is 25.0 Å². The molecule has 0 radical (unpaired) electrons. The first-order valence-electron chi connectivity index (χ1n) is 15.1. The number of quaternary nitrogens is 2. The van der Waals surface area contributed by atoms with Crippen molar-refractivity contribution in [1.29, 1.82) is 0 Å². The second kappa shape index (κ2) is 18.5. The lowest BCUT2D eigenvalue weighted by molar-refractivity contribution is -1.02. The van der Waals surface area contributed by atoms with Crippen LogP contribution in [0.5, 0.6) is 0 Å². The first-order valence-corrected chi connectivity index (χ1v) is 18.3. The molecule has 236 valence electrons. The molecular formula is C28H56N2O8S2+2. The quantitative estimate of drug-likeness (QED) is 0.0576. The van der Waals surface area contributed by atoms with Gasteiger partial charge in [0.25, 0.3) is 20.2 Å². The van der Waals surface area contributed by atoms with Gasteiger partial charge >= 0.3 is 5.97 Å². The van der Waals surface area contributed by atoms with Gasteiger partial charge in [0.15, 0.2) is 0 Å². The van der Waals surface area contributed by atoms with Gasteiger partial charge in [-0.15, -0.1) is 0 Å². The number of hydrogen-bond acceptors (Lipinski definition) is 6. The zero-order valence-corrected chi connectivity index (χ0v) is 26.7. The van der Waals surface area contributed by atoms with Crippen molar-refractivity contribution in [2.45, 2.75) is 90.4 Å². The maximum Gasteiger partial charge on any atom is 0.333 e. The van der Waals surface area contributed by atoms with Crippen LogP contribution in [0, 0.1) is 0 Å². The fraction of sp³-hybridized carbons (Fsp3) is 0.893. The minimum atomic E-state index is -3.96. The summed E-state index contributed by atoms with van der Waals surface area (Å²) in [5, 5.41) is 0. The van der Waals surface area contributed by atoms with Crippen molar-refractivity contribution in [3.8, 4) is 0 Å². The van der Waals surface area contributed by atoms with Crippen LogP contribution in [0.15, 0.2) is 12.2 Å². The number of piperazine rings is 1. The molecule has 0 spiro atoms. The number of carbonyl (C=O) groups excluding carboxylic acids is 1. The van der Waals surface area contributed by atoms with Crippen LogP contribution in [0.2, 0.25) is 0 Å². The predicted molar refractivity (Wildman–Crippen MR) is 159 cm³/mol. The number of nitrogens with zero attached hydrogens (tertiary/aromatic N) is 2. The Labute approximate surface area is 243 Å². The van der Waals surface area contributed by atoms with E-state index in [1.165, 1.54) is 25.7 Å². The van der Waals surface area contributed by atoms with Crippen molar-refractivity contribution in [3.05, 3.63) is 12.2 Å². The molecule has 0 aromatic carbocycles. The predicted octanol–water partition coefficient (Wildman–Crippen LogP) is 4.23. The van der Waals surface area contributed by atoms with Crippen molar-refractivity contribution in [2.75, 3.05) is 71.0 Å². The summed E-state index contributed by atoms with van der Waals surface area (Å²) in [6.07, 6.45) is 12.8. The first kappa shape index (κ1) is 37.0. The summed E-state index contributed by atoms with van der Waals surface area (Å²) in [5.74, 6) is -0.686. The number of rotatable bonds is 23. The van der Waals surface area contributed by atoms with Crippen LogP contribution in [0.4, 0.5) is 0 Å². The van der Waals surface area contributed by atoms with Crippen LogP contribution >= 0.6 is 0 Å². The van der Waals surface area contributed by atoms with Gasteiger partial charge in [-0.1, -0.05) is 45.1 Å². The largest absolute Gasteiger partial charge is 0.462 e. The van der Waals surface area contributed by atoms with Crippen LogP contribution in [-0.2, 0) is 29.8 Å². The third kappa shape index (κ3) is 18.4. The molecule has 1 rings (SSSR count). The van der Waals surface area contributed by atoms with E-state index in [2.05, 4.69) is 13.6 Å². The number of unbranched alkanes of at least 4 members (excludes halogenated alkanes) is 10. The molecule has 10 nitrogen and oxygen atoms in total. The third-order valence-electron chi connectivity index (χ3n) is 8.22. The molecule has 1 fully saturated rings. The van der Waals surface area contributed by atoms with E-state index in [9.17, 15) is 26.2 Å². The summed E-state index contributed by atoms with van der Waals surface area (Å²) in [6, 6.07) is 0. The van der Waals surface area contributed by atoms with E-state index in [1.807, 2.05) is 0 Å². The summed E-state index contributed by atoms with van der Waals surface area (Å²) >= 11 is 0. The maximum absolute atomic E-state index is 11.3. The van der Waals surface area contributed by atoms with E-state index in [0.717, 1.165) is 99.7 Å². The fourth-order valence-electron chi connectivity index (χ4n) is 5.53. The smallest absolute Gasteiger partial charge is 0.333 e. The van der Waals surface area contributed by atoms with Gasteiger partial charge in [-0.05, 0) is 45.4 Å². The maximum atomic E-state index is 11.3. The van der Waals surface area contributed by atoms with Gasteiger partial charge < -0.3 is 13.7 Å². The number of ether oxygens (including phenoxy) is 1. The van der Waals surface area contributed by atoms with Gasteiger partial charge in [0.05, 0.1) is 44.8 Å². The molecule has 0 aromatic heterocycles. The number of esters is 1. The minimum Gasteiger partial charge on any atom is -0.462 e. The molecule has 0 atom stereocenters. The molecule has 2 N–H and O–H groups in total. The Morgan fingerprint density at radius 2 is 1.10 bits per heavy atom. The first-order chi connectivity index (χ1) is 18.7. The molecule has 1 aliphatic heterocycles. The van der Waals surface area contributed by atoms with Crippen LogP contribution in [-0.4, -0.2) is 112 Å². The fourth-order valence-corrected chi connectivity index (χ4v) is 6.59. The van der Waals surface area contributed by atoms with Crippen molar-refractivity contribution >= 4 is 26.2 Å². The second-order valence-electron chi connectivity index (χ2n) is 12.1. The zero-order valence-electron chi connectivity index (χ0n) is 25.0. The van der Waals surface area contributed by atoms with E-state index in [-0.39, 0.29) is 17.5 Å². The highest BCUT2D eigenvalue weighted by molar-refractivity contribution is 7.86. The van der Waals surface area contributed by atoms with Crippen LogP contribution in [0.25, 0.3) is 0 Å². The van der Waals surface area contributed by atoms with Gasteiger partial charge in [0, 0.05) is 12.0 Å².